The summed E-state index contributed by atoms with van der Waals surface area (Å²) >= 11 is 2.89. The first kappa shape index (κ1) is 13.0. The van der Waals surface area contributed by atoms with E-state index in [2.05, 4.69) is 10.3 Å². The normalized spacial score (nSPS) is 10.3. The molecule has 1 aromatic carbocycles. The molecule has 0 atom stereocenters. The molecule has 0 saturated heterocycles. The maximum Gasteiger partial charge on any atom is 0.234 e. The zero-order valence-corrected chi connectivity index (χ0v) is 11.3. The molecule has 0 bridgehead atoms. The van der Waals surface area contributed by atoms with E-state index in [-0.39, 0.29) is 17.5 Å². The van der Waals surface area contributed by atoms with Crippen molar-refractivity contribution in [3.63, 3.8) is 0 Å². The molecule has 1 N–H and O–H groups in total. The Kier molecular flexibility index (Phi) is 4.33. The quantitative estimate of drug-likeness (QED) is 0.875. The van der Waals surface area contributed by atoms with Crippen LogP contribution in [0, 0.1) is 12.7 Å². The lowest BCUT2D eigenvalue weighted by molar-refractivity contribution is -0.113. The van der Waals surface area contributed by atoms with Gasteiger partial charge in [-0.3, -0.25) is 4.79 Å². The number of benzene rings is 1. The Morgan fingerprint density at radius 1 is 1.56 bits per heavy atom. The molecule has 3 nitrogen and oxygen atoms in total. The Morgan fingerprint density at radius 2 is 2.39 bits per heavy atom. The van der Waals surface area contributed by atoms with Crippen LogP contribution in [0.25, 0.3) is 0 Å². The van der Waals surface area contributed by atoms with Crippen LogP contribution < -0.4 is 5.32 Å². The average Bonchev–Trinajstić information content (AvgIpc) is 2.73. The zero-order valence-electron chi connectivity index (χ0n) is 9.64. The van der Waals surface area contributed by atoms with E-state index >= 15 is 0 Å². The molecule has 0 spiro atoms. The highest BCUT2D eigenvalue weighted by molar-refractivity contribution is 8.01. The van der Waals surface area contributed by atoms with Crippen LogP contribution in [0.15, 0.2) is 34.0 Å². The van der Waals surface area contributed by atoms with E-state index < -0.39 is 0 Å². The number of aryl methyl sites for hydroxylation is 1. The summed E-state index contributed by atoms with van der Waals surface area (Å²) in [4.78, 5) is 15.9. The van der Waals surface area contributed by atoms with E-state index in [4.69, 9.17) is 0 Å². The predicted octanol–water partition coefficient (Wildman–Crippen LogP) is 3.32. The van der Waals surface area contributed by atoms with Crippen molar-refractivity contribution in [2.24, 2.45) is 0 Å². The van der Waals surface area contributed by atoms with Gasteiger partial charge in [0.2, 0.25) is 5.91 Å². The van der Waals surface area contributed by atoms with Gasteiger partial charge in [-0.25, -0.2) is 9.37 Å². The van der Waals surface area contributed by atoms with Gasteiger partial charge in [-0.2, -0.15) is 0 Å². The molecule has 0 unspecified atom stereocenters. The van der Waals surface area contributed by atoms with Crippen LogP contribution in [0.3, 0.4) is 0 Å². The van der Waals surface area contributed by atoms with Crippen LogP contribution in [0.4, 0.5) is 10.1 Å². The van der Waals surface area contributed by atoms with Crippen molar-refractivity contribution in [2.75, 3.05) is 11.1 Å². The van der Waals surface area contributed by atoms with Crippen molar-refractivity contribution in [3.8, 4) is 0 Å². The molecular formula is C12H11FN2OS2. The number of rotatable bonds is 4. The summed E-state index contributed by atoms with van der Waals surface area (Å²) < 4.78 is 13.8. The SMILES string of the molecule is Cc1csc(SCC(=O)Nc2cccc(F)c2)n1. The molecule has 6 heteroatoms. The van der Waals surface area contributed by atoms with Gasteiger partial charge in [0.25, 0.3) is 0 Å². The van der Waals surface area contributed by atoms with Crippen LogP contribution in [0.1, 0.15) is 5.69 Å². The van der Waals surface area contributed by atoms with Crippen molar-refractivity contribution >= 4 is 34.7 Å². The van der Waals surface area contributed by atoms with Gasteiger partial charge in [0.05, 0.1) is 5.75 Å². The fraction of sp³-hybridized carbons (Fsp3) is 0.167. The maximum atomic E-state index is 12.9. The van der Waals surface area contributed by atoms with E-state index in [9.17, 15) is 9.18 Å². The Balaban J connectivity index is 1.85. The summed E-state index contributed by atoms with van der Waals surface area (Å²) in [5.74, 6) is -0.266. The number of carbonyl (C=O) groups excluding carboxylic acids is 1. The smallest absolute Gasteiger partial charge is 0.234 e. The van der Waals surface area contributed by atoms with E-state index in [1.54, 1.807) is 12.1 Å². The lowest BCUT2D eigenvalue weighted by Crippen LogP contribution is -2.13. The topological polar surface area (TPSA) is 42.0 Å². The number of halogens is 1. The van der Waals surface area contributed by atoms with Crippen molar-refractivity contribution < 1.29 is 9.18 Å². The number of nitrogens with zero attached hydrogens (tertiary/aromatic N) is 1. The number of hydrogen-bond donors (Lipinski definition) is 1. The first-order valence-corrected chi connectivity index (χ1v) is 7.10. The highest BCUT2D eigenvalue weighted by atomic mass is 32.2. The number of thiazole rings is 1. The molecule has 94 valence electrons. The lowest BCUT2D eigenvalue weighted by atomic mass is 10.3. The minimum absolute atomic E-state index is 0.168. The number of hydrogen-bond acceptors (Lipinski definition) is 4. The van der Waals surface area contributed by atoms with E-state index in [0.717, 1.165) is 10.0 Å². The molecule has 2 rings (SSSR count). The Labute approximate surface area is 112 Å². The molecular weight excluding hydrogens is 271 g/mol. The molecule has 1 amide bonds. The van der Waals surface area contributed by atoms with Crippen molar-refractivity contribution in [1.29, 1.82) is 0 Å². The summed E-state index contributed by atoms with van der Waals surface area (Å²) in [5.41, 5.74) is 1.42. The highest BCUT2D eigenvalue weighted by Gasteiger charge is 2.06. The number of thioether (sulfide) groups is 1. The van der Waals surface area contributed by atoms with Crippen molar-refractivity contribution in [2.45, 2.75) is 11.3 Å². The lowest BCUT2D eigenvalue weighted by Gasteiger charge is -2.03. The van der Waals surface area contributed by atoms with Crippen LogP contribution in [-0.4, -0.2) is 16.6 Å². The summed E-state index contributed by atoms with van der Waals surface area (Å²) in [7, 11) is 0. The fourth-order valence-corrected chi connectivity index (χ4v) is 2.94. The Morgan fingerprint density at radius 3 is 3.06 bits per heavy atom. The van der Waals surface area contributed by atoms with E-state index in [0.29, 0.717) is 5.69 Å². The van der Waals surface area contributed by atoms with Crippen molar-refractivity contribution in [1.82, 2.24) is 4.98 Å². The molecule has 18 heavy (non-hydrogen) atoms. The number of aromatic nitrogens is 1. The minimum Gasteiger partial charge on any atom is -0.325 e. The van der Waals surface area contributed by atoms with Gasteiger partial charge in [-0.05, 0) is 25.1 Å². The third kappa shape index (κ3) is 3.82. The molecule has 2 aromatic rings. The maximum absolute atomic E-state index is 12.9. The molecule has 0 aliphatic carbocycles. The van der Waals surface area contributed by atoms with Gasteiger partial charge in [0, 0.05) is 16.8 Å². The van der Waals surface area contributed by atoms with Gasteiger partial charge in [-0.1, -0.05) is 17.8 Å². The second-order valence-corrected chi connectivity index (χ2v) is 5.68. The summed E-state index contributed by atoms with van der Waals surface area (Å²) in [5, 5.41) is 4.57. The third-order valence-electron chi connectivity index (χ3n) is 2.03. The Bertz CT molecular complexity index is 557. The predicted molar refractivity (Wildman–Crippen MR) is 72.6 cm³/mol. The summed E-state index contributed by atoms with van der Waals surface area (Å²) in [6.45, 7) is 1.91. The van der Waals surface area contributed by atoms with Gasteiger partial charge in [-0.15, -0.1) is 11.3 Å². The molecule has 0 saturated carbocycles. The second-order valence-electron chi connectivity index (χ2n) is 3.60. The zero-order chi connectivity index (χ0) is 13.0. The molecule has 0 aliphatic heterocycles. The number of carbonyl (C=O) groups is 1. The second kappa shape index (κ2) is 5.97. The van der Waals surface area contributed by atoms with Crippen LogP contribution in [0.5, 0.6) is 0 Å². The standard InChI is InChI=1S/C12H11FN2OS2/c1-8-6-17-12(14-8)18-7-11(16)15-10-4-2-3-9(13)5-10/h2-6H,7H2,1H3,(H,15,16). The monoisotopic (exact) mass is 282 g/mol. The first-order valence-electron chi connectivity index (χ1n) is 5.24. The minimum atomic E-state index is -0.365. The third-order valence-corrected chi connectivity index (χ3v) is 4.17. The van der Waals surface area contributed by atoms with Gasteiger partial charge in [0.1, 0.15) is 5.82 Å². The molecule has 0 radical (unpaired) electrons. The van der Waals surface area contributed by atoms with Crippen LogP contribution in [0.2, 0.25) is 0 Å². The van der Waals surface area contributed by atoms with Crippen molar-refractivity contribution in [3.05, 3.63) is 41.2 Å². The number of nitrogens with one attached hydrogen (secondary N) is 1. The molecule has 0 aliphatic rings. The summed E-state index contributed by atoms with van der Waals surface area (Å²) in [6.07, 6.45) is 0. The van der Waals surface area contributed by atoms with Crippen LogP contribution in [-0.2, 0) is 4.79 Å². The van der Waals surface area contributed by atoms with Gasteiger partial charge >= 0.3 is 0 Å². The Hall–Kier alpha value is -1.40. The number of anilines is 1. The van der Waals surface area contributed by atoms with Gasteiger partial charge < -0.3 is 5.32 Å². The fourth-order valence-electron chi connectivity index (χ4n) is 1.29. The molecule has 1 aromatic heterocycles. The summed E-state index contributed by atoms with van der Waals surface area (Å²) in [6, 6.07) is 5.83. The van der Waals surface area contributed by atoms with E-state index in [1.807, 2.05) is 12.3 Å². The number of amides is 1. The molecule has 1 heterocycles. The van der Waals surface area contributed by atoms with Crippen LogP contribution >= 0.6 is 23.1 Å². The largest absolute Gasteiger partial charge is 0.325 e. The highest BCUT2D eigenvalue weighted by Crippen LogP contribution is 2.22. The average molecular weight is 282 g/mol. The van der Waals surface area contributed by atoms with Gasteiger partial charge in [0.15, 0.2) is 4.34 Å². The van der Waals surface area contributed by atoms with E-state index in [1.165, 1.54) is 35.2 Å². The first-order chi connectivity index (χ1) is 8.63. The molecule has 0 fully saturated rings.